The smallest absolute Gasteiger partial charge is 0.243 e. The molecule has 1 aliphatic rings. The zero-order valence-corrected chi connectivity index (χ0v) is 16.8. The van der Waals surface area contributed by atoms with E-state index in [0.717, 1.165) is 5.56 Å². The Balaban J connectivity index is 1.85. The second kappa shape index (κ2) is 8.15. The minimum Gasteiger partial charge on any atom is -0.493 e. The van der Waals surface area contributed by atoms with E-state index in [2.05, 4.69) is 10.3 Å². The normalized spacial score (nSPS) is 17.3. The Morgan fingerprint density at radius 2 is 1.93 bits per heavy atom. The lowest BCUT2D eigenvalue weighted by atomic mass is 10.2. The van der Waals surface area contributed by atoms with Crippen molar-refractivity contribution in [2.24, 2.45) is 0 Å². The molecule has 3 rings (SSSR count). The van der Waals surface area contributed by atoms with Crippen molar-refractivity contribution in [1.29, 1.82) is 0 Å². The lowest BCUT2D eigenvalue weighted by Crippen LogP contribution is -2.43. The molecule has 8 nitrogen and oxygen atoms in total. The number of ether oxygens (including phenoxy) is 2. The maximum atomic E-state index is 13.2. The van der Waals surface area contributed by atoms with Crippen molar-refractivity contribution in [1.82, 2.24) is 9.29 Å². The van der Waals surface area contributed by atoms with Crippen molar-refractivity contribution in [2.75, 3.05) is 26.1 Å². The lowest BCUT2D eigenvalue weighted by Gasteiger charge is -2.23. The highest BCUT2D eigenvalue weighted by Crippen LogP contribution is 2.33. The molecule has 1 fully saturated rings. The average molecular weight is 405 g/mol. The van der Waals surface area contributed by atoms with E-state index in [-0.39, 0.29) is 17.3 Å². The van der Waals surface area contributed by atoms with Gasteiger partial charge in [-0.15, -0.1) is 0 Å². The third-order valence-corrected chi connectivity index (χ3v) is 6.54. The summed E-state index contributed by atoms with van der Waals surface area (Å²) in [6, 6.07) is 7.16. The fraction of sp³-hybridized carbons (Fsp3) is 0.368. The van der Waals surface area contributed by atoms with Crippen molar-refractivity contribution < 1.29 is 22.7 Å². The second-order valence-electron chi connectivity index (χ2n) is 6.50. The number of benzene rings is 1. The Morgan fingerprint density at radius 1 is 1.18 bits per heavy atom. The Bertz CT molecular complexity index is 977. The molecule has 1 saturated heterocycles. The number of hydrogen-bond acceptors (Lipinski definition) is 6. The van der Waals surface area contributed by atoms with E-state index >= 15 is 0 Å². The van der Waals surface area contributed by atoms with E-state index in [9.17, 15) is 13.2 Å². The summed E-state index contributed by atoms with van der Waals surface area (Å²) in [5.41, 5.74) is 0.950. The highest BCUT2D eigenvalue weighted by molar-refractivity contribution is 7.89. The van der Waals surface area contributed by atoms with Crippen LogP contribution in [0.15, 0.2) is 41.4 Å². The van der Waals surface area contributed by atoms with E-state index < -0.39 is 16.1 Å². The van der Waals surface area contributed by atoms with Crippen LogP contribution >= 0.6 is 0 Å². The number of amides is 1. The summed E-state index contributed by atoms with van der Waals surface area (Å²) >= 11 is 0. The number of nitrogens with zero attached hydrogens (tertiary/aromatic N) is 2. The number of aromatic nitrogens is 1. The summed E-state index contributed by atoms with van der Waals surface area (Å²) in [5.74, 6) is 0.760. The molecule has 1 unspecified atom stereocenters. The molecular weight excluding hydrogens is 382 g/mol. The first-order chi connectivity index (χ1) is 13.4. The van der Waals surface area contributed by atoms with Crippen LogP contribution in [0, 0.1) is 6.92 Å². The Morgan fingerprint density at radius 3 is 2.61 bits per heavy atom. The van der Waals surface area contributed by atoms with Gasteiger partial charge < -0.3 is 14.8 Å². The third-order valence-electron chi connectivity index (χ3n) is 4.63. The molecule has 0 spiro atoms. The molecule has 1 amide bonds. The summed E-state index contributed by atoms with van der Waals surface area (Å²) in [6.07, 6.45) is 2.65. The topological polar surface area (TPSA) is 97.8 Å². The van der Waals surface area contributed by atoms with Gasteiger partial charge in [-0.2, -0.15) is 4.31 Å². The molecule has 1 atom stereocenters. The zero-order chi connectivity index (χ0) is 20.3. The van der Waals surface area contributed by atoms with Gasteiger partial charge in [0.1, 0.15) is 11.9 Å². The van der Waals surface area contributed by atoms with Gasteiger partial charge in [0.25, 0.3) is 0 Å². The molecule has 2 aromatic rings. The van der Waals surface area contributed by atoms with Gasteiger partial charge in [-0.3, -0.25) is 4.79 Å². The number of nitrogens with one attached hydrogen (secondary N) is 1. The van der Waals surface area contributed by atoms with Gasteiger partial charge in [-0.05, 0) is 49.6 Å². The maximum absolute atomic E-state index is 13.2. The fourth-order valence-corrected chi connectivity index (χ4v) is 4.89. The Labute approximate surface area is 164 Å². The third kappa shape index (κ3) is 3.95. The first-order valence-electron chi connectivity index (χ1n) is 8.84. The second-order valence-corrected chi connectivity index (χ2v) is 8.39. The fourth-order valence-electron chi connectivity index (χ4n) is 3.22. The highest BCUT2D eigenvalue weighted by atomic mass is 32.2. The van der Waals surface area contributed by atoms with Crippen LogP contribution in [0.2, 0.25) is 0 Å². The molecule has 0 bridgehead atoms. The van der Waals surface area contributed by atoms with Gasteiger partial charge in [0.2, 0.25) is 15.9 Å². The van der Waals surface area contributed by atoms with Gasteiger partial charge in [0.15, 0.2) is 11.5 Å². The van der Waals surface area contributed by atoms with Crippen LogP contribution in [0.3, 0.4) is 0 Å². The van der Waals surface area contributed by atoms with Crippen LogP contribution in [0.25, 0.3) is 0 Å². The number of carbonyl (C=O) groups is 1. The minimum atomic E-state index is -3.87. The summed E-state index contributed by atoms with van der Waals surface area (Å²) in [6.45, 7) is 2.16. The van der Waals surface area contributed by atoms with Crippen molar-refractivity contribution in [3.05, 3.63) is 42.1 Å². The summed E-state index contributed by atoms with van der Waals surface area (Å²) < 4.78 is 37.9. The van der Waals surface area contributed by atoms with Crippen molar-refractivity contribution in [3.63, 3.8) is 0 Å². The van der Waals surface area contributed by atoms with Crippen LogP contribution in [-0.2, 0) is 14.8 Å². The van der Waals surface area contributed by atoms with Gasteiger partial charge in [-0.1, -0.05) is 0 Å². The molecule has 2 heterocycles. The Kier molecular flexibility index (Phi) is 5.85. The van der Waals surface area contributed by atoms with E-state index in [0.29, 0.717) is 30.2 Å². The first kappa shape index (κ1) is 20.1. The number of carbonyl (C=O) groups excluding carboxylic acids is 1. The van der Waals surface area contributed by atoms with Crippen LogP contribution in [0.5, 0.6) is 11.5 Å². The molecule has 28 heavy (non-hydrogen) atoms. The highest BCUT2D eigenvalue weighted by Gasteiger charge is 2.39. The number of rotatable bonds is 6. The standard InChI is InChI=1S/C19H23N3O5S/c1-13-8-9-20-18(11-13)21-19(23)15-5-4-10-22(15)28(24,25)14-6-7-16(26-2)17(12-14)27-3/h6-9,11-12,15H,4-5,10H2,1-3H3,(H,20,21,23). The molecular formula is C19H23N3O5S. The summed E-state index contributed by atoms with van der Waals surface area (Å²) in [4.78, 5) is 16.9. The molecule has 1 aliphatic heterocycles. The maximum Gasteiger partial charge on any atom is 0.243 e. The molecule has 0 aliphatic carbocycles. The number of aryl methyl sites for hydroxylation is 1. The van der Waals surface area contributed by atoms with Gasteiger partial charge >= 0.3 is 0 Å². The predicted molar refractivity (Wildman–Crippen MR) is 104 cm³/mol. The SMILES string of the molecule is COc1ccc(S(=O)(=O)N2CCCC2C(=O)Nc2cc(C)ccn2)cc1OC. The number of pyridine rings is 1. The van der Waals surface area contributed by atoms with Crippen LogP contribution in [0.1, 0.15) is 18.4 Å². The van der Waals surface area contributed by atoms with E-state index in [1.165, 1.54) is 36.7 Å². The molecule has 1 aromatic carbocycles. The van der Waals surface area contributed by atoms with E-state index in [4.69, 9.17) is 9.47 Å². The van der Waals surface area contributed by atoms with E-state index in [1.54, 1.807) is 12.3 Å². The van der Waals surface area contributed by atoms with E-state index in [1.807, 2.05) is 13.0 Å². The molecule has 0 radical (unpaired) electrons. The van der Waals surface area contributed by atoms with Gasteiger partial charge in [0, 0.05) is 18.8 Å². The van der Waals surface area contributed by atoms with Crippen LogP contribution < -0.4 is 14.8 Å². The monoisotopic (exact) mass is 405 g/mol. The molecule has 1 aromatic heterocycles. The summed E-state index contributed by atoms with van der Waals surface area (Å²) in [5, 5.41) is 2.72. The zero-order valence-electron chi connectivity index (χ0n) is 16.0. The number of hydrogen-bond donors (Lipinski definition) is 1. The molecule has 1 N–H and O–H groups in total. The van der Waals surface area contributed by atoms with Gasteiger partial charge in [0.05, 0.1) is 19.1 Å². The lowest BCUT2D eigenvalue weighted by molar-refractivity contribution is -0.119. The molecule has 9 heteroatoms. The predicted octanol–water partition coefficient (Wildman–Crippen LogP) is 2.20. The number of anilines is 1. The van der Waals surface area contributed by atoms with Crippen molar-refractivity contribution in [3.8, 4) is 11.5 Å². The first-order valence-corrected chi connectivity index (χ1v) is 10.3. The van der Waals surface area contributed by atoms with Crippen LogP contribution in [-0.4, -0.2) is 50.4 Å². The van der Waals surface area contributed by atoms with Crippen LogP contribution in [0.4, 0.5) is 5.82 Å². The molecule has 0 saturated carbocycles. The van der Waals surface area contributed by atoms with Crippen molar-refractivity contribution in [2.45, 2.75) is 30.7 Å². The average Bonchev–Trinajstić information content (AvgIpc) is 3.18. The van der Waals surface area contributed by atoms with Crippen molar-refractivity contribution >= 4 is 21.7 Å². The largest absolute Gasteiger partial charge is 0.493 e. The molecule has 150 valence electrons. The number of methoxy groups -OCH3 is 2. The Hall–Kier alpha value is -2.65. The number of sulfonamides is 1. The quantitative estimate of drug-likeness (QED) is 0.791. The van der Waals surface area contributed by atoms with Gasteiger partial charge in [-0.25, -0.2) is 13.4 Å². The minimum absolute atomic E-state index is 0.0542. The summed E-state index contributed by atoms with van der Waals surface area (Å²) in [7, 11) is -0.956.